The van der Waals surface area contributed by atoms with E-state index < -0.39 is 0 Å². The lowest BCUT2D eigenvalue weighted by Crippen LogP contribution is -2.34. The van der Waals surface area contributed by atoms with E-state index in [1.54, 1.807) is 35.4 Å². The van der Waals surface area contributed by atoms with Crippen molar-refractivity contribution >= 4 is 45.0 Å². The van der Waals surface area contributed by atoms with Crippen molar-refractivity contribution in [3.63, 3.8) is 0 Å². The van der Waals surface area contributed by atoms with Gasteiger partial charge in [-0.1, -0.05) is 23.2 Å². The summed E-state index contributed by atoms with van der Waals surface area (Å²) in [5.74, 6) is 0.873. The number of ether oxygens (including phenoxy) is 2. The maximum Gasteiger partial charge on any atom is 0.260 e. The van der Waals surface area contributed by atoms with E-state index in [2.05, 4.69) is 20.9 Å². The summed E-state index contributed by atoms with van der Waals surface area (Å²) in [5, 5.41) is 0.897. The van der Waals surface area contributed by atoms with E-state index in [-0.39, 0.29) is 18.6 Å². The fraction of sp³-hybridized carbons (Fsp3) is 0.294. The summed E-state index contributed by atoms with van der Waals surface area (Å²) in [6, 6.07) is 8.54. The average molecular weight is 446 g/mol. The van der Waals surface area contributed by atoms with Crippen LogP contribution in [0.15, 0.2) is 41.0 Å². The van der Waals surface area contributed by atoms with Gasteiger partial charge in [-0.3, -0.25) is 4.79 Å². The highest BCUT2D eigenvalue weighted by Crippen LogP contribution is 2.27. The molecule has 3 rings (SSSR count). The molecule has 1 unspecified atom stereocenters. The number of carbonyl (C=O) groups is 1. The van der Waals surface area contributed by atoms with E-state index in [4.69, 9.17) is 32.7 Å². The zero-order valence-corrected chi connectivity index (χ0v) is 16.2. The molecular formula is C17H15BrCl2N2O3. The van der Waals surface area contributed by atoms with Crippen molar-refractivity contribution in [2.75, 3.05) is 19.7 Å². The van der Waals surface area contributed by atoms with Gasteiger partial charge in [0.05, 0.1) is 11.6 Å². The van der Waals surface area contributed by atoms with Crippen LogP contribution in [-0.2, 0) is 4.79 Å². The highest BCUT2D eigenvalue weighted by molar-refractivity contribution is 9.10. The first-order valence-electron chi connectivity index (χ1n) is 7.65. The Labute approximate surface area is 164 Å². The van der Waals surface area contributed by atoms with Crippen molar-refractivity contribution in [3.05, 3.63) is 51.0 Å². The molecule has 132 valence electrons. The lowest BCUT2D eigenvalue weighted by Gasteiger charge is -2.17. The minimum absolute atomic E-state index is 0.0725. The standard InChI is InChI=1S/C17H15BrCl2N2O3/c18-11-1-4-16(21-8-11)25-13-5-6-22(9-13)17(23)10-24-15-3-2-12(19)7-14(15)20/h1-4,7-8,13H,5-6,9-10H2. The Bertz CT molecular complexity index is 758. The topological polar surface area (TPSA) is 51.7 Å². The third-order valence-electron chi connectivity index (χ3n) is 3.73. The van der Waals surface area contributed by atoms with E-state index in [9.17, 15) is 4.79 Å². The van der Waals surface area contributed by atoms with Crippen LogP contribution in [0, 0.1) is 0 Å². The highest BCUT2D eigenvalue weighted by atomic mass is 79.9. The molecule has 2 aromatic rings. The minimum atomic E-state index is -0.110. The number of hydrogen-bond donors (Lipinski definition) is 0. The molecule has 1 aromatic carbocycles. The van der Waals surface area contributed by atoms with Crippen LogP contribution in [-0.4, -0.2) is 41.6 Å². The van der Waals surface area contributed by atoms with Crippen LogP contribution in [0.1, 0.15) is 6.42 Å². The van der Waals surface area contributed by atoms with E-state index in [0.717, 1.165) is 10.9 Å². The number of benzene rings is 1. The van der Waals surface area contributed by atoms with Crippen LogP contribution >= 0.6 is 39.1 Å². The van der Waals surface area contributed by atoms with E-state index in [1.165, 1.54) is 0 Å². The van der Waals surface area contributed by atoms with Crippen LogP contribution in [0.5, 0.6) is 11.6 Å². The second kappa shape index (κ2) is 8.25. The lowest BCUT2D eigenvalue weighted by atomic mass is 10.3. The number of halogens is 3. The first-order valence-corrected chi connectivity index (χ1v) is 9.20. The molecule has 2 heterocycles. The molecule has 0 bridgehead atoms. The Kier molecular flexibility index (Phi) is 6.04. The number of carbonyl (C=O) groups excluding carboxylic acids is 1. The number of pyridine rings is 1. The van der Waals surface area contributed by atoms with E-state index in [0.29, 0.717) is 34.8 Å². The monoisotopic (exact) mass is 444 g/mol. The molecule has 1 aromatic heterocycles. The molecule has 1 saturated heterocycles. The number of rotatable bonds is 5. The summed E-state index contributed by atoms with van der Waals surface area (Å²) < 4.78 is 12.2. The third kappa shape index (κ3) is 5.00. The summed E-state index contributed by atoms with van der Waals surface area (Å²) >= 11 is 15.2. The second-order valence-electron chi connectivity index (χ2n) is 5.55. The van der Waals surface area contributed by atoms with Crippen molar-refractivity contribution < 1.29 is 14.3 Å². The van der Waals surface area contributed by atoms with Gasteiger partial charge in [-0.05, 0) is 40.2 Å². The van der Waals surface area contributed by atoms with Crippen molar-refractivity contribution in [2.45, 2.75) is 12.5 Å². The predicted molar refractivity (Wildman–Crippen MR) is 99.5 cm³/mol. The van der Waals surface area contributed by atoms with Gasteiger partial charge in [0.25, 0.3) is 5.91 Å². The van der Waals surface area contributed by atoms with Crippen molar-refractivity contribution in [1.82, 2.24) is 9.88 Å². The SMILES string of the molecule is O=C(COc1ccc(Cl)cc1Cl)N1CCC(Oc2ccc(Br)cn2)C1. The van der Waals surface area contributed by atoms with Crippen LogP contribution < -0.4 is 9.47 Å². The quantitative estimate of drug-likeness (QED) is 0.691. The molecule has 1 atom stereocenters. The summed E-state index contributed by atoms with van der Waals surface area (Å²) in [5.41, 5.74) is 0. The number of nitrogens with zero attached hydrogens (tertiary/aromatic N) is 2. The van der Waals surface area contributed by atoms with Gasteiger partial charge >= 0.3 is 0 Å². The molecule has 1 aliphatic heterocycles. The number of amides is 1. The summed E-state index contributed by atoms with van der Waals surface area (Å²) in [6.07, 6.45) is 2.36. The Hall–Kier alpha value is -1.50. The Morgan fingerprint density at radius 1 is 1.32 bits per heavy atom. The summed E-state index contributed by atoms with van der Waals surface area (Å²) in [4.78, 5) is 18.2. The van der Waals surface area contributed by atoms with Crippen molar-refractivity contribution in [1.29, 1.82) is 0 Å². The van der Waals surface area contributed by atoms with Crippen LogP contribution in [0.4, 0.5) is 0 Å². The van der Waals surface area contributed by atoms with Crippen molar-refractivity contribution in [3.8, 4) is 11.6 Å². The molecule has 0 spiro atoms. The number of hydrogen-bond acceptors (Lipinski definition) is 4. The maximum atomic E-state index is 12.3. The first kappa shape index (κ1) is 18.3. The summed E-state index contributed by atoms with van der Waals surface area (Å²) in [7, 11) is 0. The van der Waals surface area contributed by atoms with Crippen LogP contribution in [0.3, 0.4) is 0 Å². The fourth-order valence-corrected chi connectivity index (χ4v) is 3.17. The molecule has 0 N–H and O–H groups in total. The molecule has 1 amide bonds. The van der Waals surface area contributed by atoms with Crippen LogP contribution in [0.25, 0.3) is 0 Å². The molecule has 8 heteroatoms. The molecule has 25 heavy (non-hydrogen) atoms. The highest BCUT2D eigenvalue weighted by Gasteiger charge is 2.28. The molecule has 0 radical (unpaired) electrons. The van der Waals surface area contributed by atoms with Gasteiger partial charge in [-0.15, -0.1) is 0 Å². The molecule has 0 saturated carbocycles. The minimum Gasteiger partial charge on any atom is -0.482 e. The number of likely N-dealkylation sites (tertiary alicyclic amines) is 1. The smallest absolute Gasteiger partial charge is 0.260 e. The Morgan fingerprint density at radius 3 is 2.88 bits per heavy atom. The molecular weight excluding hydrogens is 431 g/mol. The van der Waals surface area contributed by atoms with Gasteiger partial charge in [-0.25, -0.2) is 4.98 Å². The molecule has 5 nitrogen and oxygen atoms in total. The second-order valence-corrected chi connectivity index (χ2v) is 7.31. The number of aromatic nitrogens is 1. The van der Waals surface area contributed by atoms with Gasteiger partial charge in [0, 0.05) is 34.7 Å². The van der Waals surface area contributed by atoms with E-state index >= 15 is 0 Å². The maximum absolute atomic E-state index is 12.3. The fourth-order valence-electron chi connectivity index (χ4n) is 2.48. The van der Waals surface area contributed by atoms with Gasteiger partial charge < -0.3 is 14.4 Å². The molecule has 0 aliphatic carbocycles. The summed E-state index contributed by atoms with van der Waals surface area (Å²) in [6.45, 7) is 1.05. The Balaban J connectivity index is 1.49. The molecule has 1 fully saturated rings. The van der Waals surface area contributed by atoms with Crippen molar-refractivity contribution in [2.24, 2.45) is 0 Å². The Morgan fingerprint density at radius 2 is 2.16 bits per heavy atom. The lowest BCUT2D eigenvalue weighted by molar-refractivity contribution is -0.132. The normalized spacial score (nSPS) is 16.8. The predicted octanol–water partition coefficient (Wildman–Crippen LogP) is 4.21. The largest absolute Gasteiger partial charge is 0.482 e. The van der Waals surface area contributed by atoms with Gasteiger partial charge in [0.2, 0.25) is 5.88 Å². The van der Waals surface area contributed by atoms with E-state index in [1.807, 2.05) is 6.07 Å². The van der Waals surface area contributed by atoms with Crippen LogP contribution in [0.2, 0.25) is 10.0 Å². The van der Waals surface area contributed by atoms with Gasteiger partial charge in [0.1, 0.15) is 11.9 Å². The average Bonchev–Trinajstić information content (AvgIpc) is 3.04. The zero-order valence-electron chi connectivity index (χ0n) is 13.1. The first-order chi connectivity index (χ1) is 12.0. The third-order valence-corrected chi connectivity index (χ3v) is 4.73. The molecule has 1 aliphatic rings. The van der Waals surface area contributed by atoms with Gasteiger partial charge in [-0.2, -0.15) is 0 Å². The zero-order chi connectivity index (χ0) is 17.8. The van der Waals surface area contributed by atoms with Gasteiger partial charge in [0.15, 0.2) is 6.61 Å².